The van der Waals surface area contributed by atoms with Gasteiger partial charge in [0.05, 0.1) is 134 Å². The summed E-state index contributed by atoms with van der Waals surface area (Å²) in [6.45, 7) is 2.32. The lowest BCUT2D eigenvalue weighted by Crippen LogP contribution is -2.58. The maximum atomic E-state index is 15.5. The zero-order valence-electron chi connectivity index (χ0n) is 48.6. The van der Waals surface area contributed by atoms with Crippen LogP contribution in [0.5, 0.6) is 0 Å². The lowest BCUT2D eigenvalue weighted by atomic mass is 9.81. The second-order valence-corrected chi connectivity index (χ2v) is 20.9. The molecule has 0 bridgehead atoms. The van der Waals surface area contributed by atoms with Crippen LogP contribution in [0.25, 0.3) is 22.3 Å². The van der Waals surface area contributed by atoms with Gasteiger partial charge in [-0.25, -0.2) is 14.2 Å². The number of rotatable bonds is 31. The van der Waals surface area contributed by atoms with E-state index in [0.717, 1.165) is 17.1 Å². The normalized spacial score (nSPS) is 18.0. The number of morpholine rings is 1. The number of esters is 1. The van der Waals surface area contributed by atoms with Gasteiger partial charge in [0.15, 0.2) is 5.60 Å². The molecule has 0 saturated carbocycles. The Morgan fingerprint density at radius 2 is 1.31 bits per heavy atom. The van der Waals surface area contributed by atoms with E-state index < -0.39 is 121 Å². The van der Waals surface area contributed by atoms with Gasteiger partial charge in [-0.05, 0) is 48.9 Å². The van der Waals surface area contributed by atoms with E-state index >= 15 is 4.39 Å². The minimum atomic E-state index is -2.08. The number of imide groups is 1. The highest BCUT2D eigenvalue weighted by Gasteiger charge is 2.46. The van der Waals surface area contributed by atoms with E-state index in [0.29, 0.717) is 65.1 Å². The van der Waals surface area contributed by atoms with E-state index in [4.69, 9.17) is 33.4 Å². The topological polar surface area (TPSA) is 389 Å². The number of carbonyl (C=O) groups is 11. The number of nitrogens with zero attached hydrogens (tertiary/aromatic N) is 4. The monoisotopic (exact) mass is 1230 g/mol. The number of halogens is 1. The maximum Gasteiger partial charge on any atom is 0.343 e. The molecule has 1 aromatic carbocycles. The first-order valence-electron chi connectivity index (χ1n) is 28.7. The van der Waals surface area contributed by atoms with Crippen LogP contribution in [0.1, 0.15) is 72.0 Å². The highest BCUT2D eigenvalue weighted by molar-refractivity contribution is 6.13. The molecule has 0 radical (unpaired) electrons. The summed E-state index contributed by atoms with van der Waals surface area (Å²) in [7, 11) is 0. The fourth-order valence-electron chi connectivity index (χ4n) is 10.6. The Morgan fingerprint density at radius 1 is 0.727 bits per heavy atom. The molecule has 1 fully saturated rings. The average molecular weight is 1230 g/mol. The fourth-order valence-corrected chi connectivity index (χ4v) is 10.6. The number of aliphatic hydroxyl groups is 1. The predicted octanol–water partition coefficient (Wildman–Crippen LogP) is -3.67. The molecule has 474 valence electrons. The zero-order chi connectivity index (χ0) is 63.1. The Hall–Kier alpha value is -8.62. The van der Waals surface area contributed by atoms with Crippen molar-refractivity contribution in [2.24, 2.45) is 0 Å². The number of carbonyl (C=O) groups excluding carboxylic acids is 11. The van der Waals surface area contributed by atoms with Crippen molar-refractivity contribution >= 4 is 75.9 Å². The van der Waals surface area contributed by atoms with Crippen molar-refractivity contribution in [2.75, 3.05) is 118 Å². The number of cyclic esters (lactones) is 1. The van der Waals surface area contributed by atoms with Crippen LogP contribution in [0.4, 0.5) is 4.39 Å². The molecule has 8 rings (SSSR count). The van der Waals surface area contributed by atoms with Crippen LogP contribution in [-0.2, 0) is 106 Å². The summed E-state index contributed by atoms with van der Waals surface area (Å²) in [6, 6.07) is 0.989. The average Bonchev–Trinajstić information content (AvgIpc) is 1.45. The number of nitrogens with one attached hydrogen (secondary N) is 7. The largest absolute Gasteiger partial charge is 0.458 e. The SMILES string of the molecule is CC[C@]1(O)C(=O)OCc2c1cc1n(c2=O)Cc2c-1nc1cc(F)c(C)c3c1c2[C@H](NC(=O)[C@H]1COCCN1C(=O)CNC(=O)CNC(=O)CNC(=O)CNC(=O)CNC(=O)CCOCCOCCOCCOCCNC(=O)CCN1C(=O)C=CC1=O)CC3. The number of ether oxygens (including phenoxy) is 6. The van der Waals surface area contributed by atoms with Gasteiger partial charge in [0.1, 0.15) is 18.5 Å². The summed E-state index contributed by atoms with van der Waals surface area (Å²) in [6.07, 6.45) is 2.85. The van der Waals surface area contributed by atoms with Gasteiger partial charge >= 0.3 is 5.97 Å². The number of hydrogen-bond acceptors (Lipinski definition) is 20. The van der Waals surface area contributed by atoms with E-state index in [9.17, 15) is 62.6 Å². The van der Waals surface area contributed by atoms with Gasteiger partial charge in [-0.3, -0.25) is 57.6 Å². The first-order valence-corrected chi connectivity index (χ1v) is 28.7. The van der Waals surface area contributed by atoms with Crippen molar-refractivity contribution in [1.29, 1.82) is 0 Å². The van der Waals surface area contributed by atoms with Gasteiger partial charge in [-0.15, -0.1) is 0 Å². The zero-order valence-corrected chi connectivity index (χ0v) is 48.6. The molecular weight excluding hydrogens is 1160 g/mol. The first kappa shape index (κ1) is 65.4. The molecule has 5 aliphatic rings. The van der Waals surface area contributed by atoms with Crippen LogP contribution in [0.2, 0.25) is 0 Å². The third kappa shape index (κ3) is 15.9. The number of amides is 10. The Balaban J connectivity index is 0.672. The van der Waals surface area contributed by atoms with Crippen molar-refractivity contribution in [3.8, 4) is 11.4 Å². The molecule has 8 N–H and O–H groups in total. The molecule has 3 aromatic rings. The van der Waals surface area contributed by atoms with E-state index in [2.05, 4.69) is 37.2 Å². The van der Waals surface area contributed by atoms with Crippen LogP contribution in [0, 0.1) is 12.7 Å². The van der Waals surface area contributed by atoms with Crippen LogP contribution in [0.15, 0.2) is 29.1 Å². The molecule has 2 aromatic heterocycles. The second-order valence-electron chi connectivity index (χ2n) is 20.9. The van der Waals surface area contributed by atoms with Crippen LogP contribution >= 0.6 is 0 Å². The number of aryl methyl sites for hydroxylation is 1. The molecule has 30 nitrogen and oxygen atoms in total. The number of hydrogen-bond donors (Lipinski definition) is 8. The quantitative estimate of drug-likeness (QED) is 0.0137. The molecule has 1 aliphatic carbocycles. The number of benzene rings is 1. The van der Waals surface area contributed by atoms with Gasteiger partial charge < -0.3 is 80.2 Å². The molecule has 0 unspecified atom stereocenters. The summed E-state index contributed by atoms with van der Waals surface area (Å²) >= 11 is 0. The smallest absolute Gasteiger partial charge is 0.343 e. The summed E-state index contributed by atoms with van der Waals surface area (Å²) in [5, 5.41) is 29.5. The Kier molecular flexibility index (Phi) is 22.5. The number of aromatic nitrogens is 2. The summed E-state index contributed by atoms with van der Waals surface area (Å²) < 4.78 is 49.4. The minimum Gasteiger partial charge on any atom is -0.458 e. The highest BCUT2D eigenvalue weighted by Crippen LogP contribution is 2.46. The Bertz CT molecular complexity index is 3320. The fraction of sp³-hybridized carbons (Fsp3) is 0.526. The molecule has 10 amide bonds. The second kappa shape index (κ2) is 30.3. The first-order chi connectivity index (χ1) is 42.3. The van der Waals surface area contributed by atoms with Crippen molar-refractivity contribution in [1.82, 2.24) is 56.6 Å². The summed E-state index contributed by atoms with van der Waals surface area (Å²) in [5.41, 5.74) is 0.842. The summed E-state index contributed by atoms with van der Waals surface area (Å²) in [5.74, 6) is -7.23. The van der Waals surface area contributed by atoms with Crippen molar-refractivity contribution in [3.63, 3.8) is 0 Å². The summed E-state index contributed by atoms with van der Waals surface area (Å²) in [4.78, 5) is 159. The molecule has 4 aliphatic heterocycles. The van der Waals surface area contributed by atoms with E-state index in [1.807, 2.05) is 0 Å². The van der Waals surface area contributed by atoms with Gasteiger partial charge in [-0.1, -0.05) is 6.92 Å². The minimum absolute atomic E-state index is 0.000815. The van der Waals surface area contributed by atoms with Gasteiger partial charge in [0.2, 0.25) is 47.3 Å². The number of pyridine rings is 2. The van der Waals surface area contributed by atoms with Crippen molar-refractivity contribution in [3.05, 3.63) is 73.8 Å². The third-order valence-corrected chi connectivity index (χ3v) is 15.3. The van der Waals surface area contributed by atoms with Crippen molar-refractivity contribution in [2.45, 2.75) is 76.8 Å². The molecule has 3 atom stereocenters. The molecule has 31 heteroatoms. The molecule has 0 spiro atoms. The van der Waals surface area contributed by atoms with Crippen LogP contribution < -0.4 is 42.8 Å². The van der Waals surface area contributed by atoms with Crippen LogP contribution in [-0.4, -0.2) is 214 Å². The van der Waals surface area contributed by atoms with E-state index in [1.165, 1.54) is 15.5 Å². The predicted molar refractivity (Wildman–Crippen MR) is 301 cm³/mol. The third-order valence-electron chi connectivity index (χ3n) is 15.3. The van der Waals surface area contributed by atoms with E-state index in [-0.39, 0.29) is 127 Å². The molecular formula is C57H70FN11O19. The molecule has 1 saturated heterocycles. The maximum absolute atomic E-state index is 15.5. The molecule has 88 heavy (non-hydrogen) atoms. The van der Waals surface area contributed by atoms with Gasteiger partial charge in [0, 0.05) is 67.2 Å². The highest BCUT2D eigenvalue weighted by atomic mass is 19.1. The Labute approximate surface area is 502 Å². The number of fused-ring (bicyclic) bond motifs is 5. The lowest BCUT2D eigenvalue weighted by molar-refractivity contribution is -0.172. The van der Waals surface area contributed by atoms with Crippen LogP contribution in [0.3, 0.4) is 0 Å². The van der Waals surface area contributed by atoms with Crippen molar-refractivity contribution < 1.29 is 90.7 Å². The standard InChI is InChI=1S/C57H70FN11O19/c1-3-57(82)36-22-40-53-34(29-69(40)55(80)35(36)30-88-56(57)81)52-38(5-4-33-32(2)37(58)23-39(65-53)51(33)52)66-54(79)41-31-87-15-12-67(41)50(78)28-64-47(75)27-63-46(74)26-62-45(73)25-61-44(72)24-60-43(71)9-13-83-16-18-85-20-21-86-19-17-84-14-10-59-42(70)8-11-68-48(76)6-7-49(68)77/h6-7,22-23,38,41,82H,3-5,8-21,24-31H2,1-2H3,(H,59,70)(H,60,71)(H,61,72)(H,62,73)(H,63,74)(H,64,75)(H,66,79)/t38-,41-,57-/m1/s1. The van der Waals surface area contributed by atoms with E-state index in [1.54, 1.807) is 19.9 Å². The van der Waals surface area contributed by atoms with Gasteiger partial charge in [-0.2, -0.15) is 0 Å². The van der Waals surface area contributed by atoms with Gasteiger partial charge in [0.25, 0.3) is 17.4 Å². The molecule has 6 heterocycles. The Morgan fingerprint density at radius 3 is 1.93 bits per heavy atom. The lowest BCUT2D eigenvalue weighted by Gasteiger charge is -2.36.